The first-order chi connectivity index (χ1) is 8.99. The minimum atomic E-state index is -0.227. The molecule has 0 bridgehead atoms. The molecule has 0 saturated carbocycles. The number of benzene rings is 1. The van der Waals surface area contributed by atoms with Crippen LogP contribution in [0.1, 0.15) is 30.9 Å². The Labute approximate surface area is 116 Å². The van der Waals surface area contributed by atoms with Crippen LogP contribution in [0, 0.1) is 12.7 Å². The summed E-state index contributed by atoms with van der Waals surface area (Å²) in [5, 5.41) is 3.60. The molecule has 2 aromatic rings. The van der Waals surface area contributed by atoms with E-state index in [9.17, 15) is 4.39 Å². The van der Waals surface area contributed by atoms with Gasteiger partial charge >= 0.3 is 0 Å². The highest BCUT2D eigenvalue weighted by Crippen LogP contribution is 2.30. The lowest BCUT2D eigenvalue weighted by Crippen LogP contribution is -2.03. The van der Waals surface area contributed by atoms with Gasteiger partial charge in [0.05, 0.1) is 0 Å². The van der Waals surface area contributed by atoms with Crippen LogP contribution in [-0.4, -0.2) is 9.97 Å². The third-order valence-electron chi connectivity index (χ3n) is 2.83. The largest absolute Gasteiger partial charge is 0.340 e. The Morgan fingerprint density at radius 1 is 1.26 bits per heavy atom. The molecule has 19 heavy (non-hydrogen) atoms. The third kappa shape index (κ3) is 3.01. The second-order valence-corrected chi connectivity index (χ2v) is 5.03. The number of aryl methyl sites for hydroxylation is 1. The Morgan fingerprint density at radius 2 is 2.00 bits per heavy atom. The van der Waals surface area contributed by atoms with Crippen molar-refractivity contribution in [3.8, 4) is 0 Å². The van der Waals surface area contributed by atoms with E-state index in [1.807, 2.05) is 13.8 Å². The highest BCUT2D eigenvalue weighted by atomic mass is 35.5. The van der Waals surface area contributed by atoms with Crippen LogP contribution in [0.25, 0.3) is 0 Å². The van der Waals surface area contributed by atoms with Gasteiger partial charge in [0, 0.05) is 11.3 Å². The van der Waals surface area contributed by atoms with E-state index in [-0.39, 0.29) is 11.7 Å². The number of halogens is 2. The second kappa shape index (κ2) is 5.53. The second-order valence-electron chi connectivity index (χ2n) is 4.67. The maximum absolute atomic E-state index is 13.2. The summed E-state index contributed by atoms with van der Waals surface area (Å²) in [6.07, 6.45) is 1.41. The summed E-state index contributed by atoms with van der Waals surface area (Å²) in [5.74, 6) is 0.620. The van der Waals surface area contributed by atoms with Crippen LogP contribution in [0.4, 0.5) is 15.9 Å². The minimum Gasteiger partial charge on any atom is -0.340 e. The number of anilines is 2. The standard InChI is InChI=1S/C14H15ClFN3/c1-8(2)12-13(15)17-7-18-14(12)19-10-4-5-11(16)9(3)6-10/h4-8H,1-3H3,(H,17,18,19). The van der Waals surface area contributed by atoms with Crippen LogP contribution in [0.15, 0.2) is 24.5 Å². The van der Waals surface area contributed by atoms with Gasteiger partial charge in [-0.3, -0.25) is 0 Å². The summed E-state index contributed by atoms with van der Waals surface area (Å²) < 4.78 is 13.2. The third-order valence-corrected chi connectivity index (χ3v) is 3.13. The van der Waals surface area contributed by atoms with E-state index >= 15 is 0 Å². The average Bonchev–Trinajstić information content (AvgIpc) is 2.33. The Bertz CT molecular complexity index is 599. The van der Waals surface area contributed by atoms with Crippen molar-refractivity contribution < 1.29 is 4.39 Å². The Kier molecular flexibility index (Phi) is 4.00. The molecule has 100 valence electrons. The van der Waals surface area contributed by atoms with Crippen molar-refractivity contribution in [3.05, 3.63) is 46.6 Å². The monoisotopic (exact) mass is 279 g/mol. The Morgan fingerprint density at radius 3 is 2.63 bits per heavy atom. The summed E-state index contributed by atoms with van der Waals surface area (Å²) >= 11 is 6.10. The van der Waals surface area contributed by atoms with Crippen molar-refractivity contribution in [2.45, 2.75) is 26.7 Å². The number of hydrogen-bond donors (Lipinski definition) is 1. The normalized spacial score (nSPS) is 10.8. The first-order valence-corrected chi connectivity index (χ1v) is 6.40. The number of nitrogens with one attached hydrogen (secondary N) is 1. The molecule has 0 aliphatic carbocycles. The van der Waals surface area contributed by atoms with E-state index in [0.29, 0.717) is 16.5 Å². The predicted molar refractivity (Wildman–Crippen MR) is 75.6 cm³/mol. The van der Waals surface area contributed by atoms with Gasteiger partial charge in [-0.25, -0.2) is 14.4 Å². The molecule has 1 aromatic heterocycles. The number of aromatic nitrogens is 2. The quantitative estimate of drug-likeness (QED) is 0.844. The Hall–Kier alpha value is -1.68. The van der Waals surface area contributed by atoms with Crippen LogP contribution in [0.5, 0.6) is 0 Å². The molecule has 0 atom stereocenters. The molecule has 0 fully saturated rings. The predicted octanol–water partition coefficient (Wildman–Crippen LogP) is 4.44. The summed E-state index contributed by atoms with van der Waals surface area (Å²) in [7, 11) is 0. The minimum absolute atomic E-state index is 0.192. The van der Waals surface area contributed by atoms with Crippen molar-refractivity contribution in [3.63, 3.8) is 0 Å². The van der Waals surface area contributed by atoms with Crippen molar-refractivity contribution in [2.24, 2.45) is 0 Å². The summed E-state index contributed by atoms with van der Waals surface area (Å²) in [6.45, 7) is 5.76. The molecule has 0 aliphatic heterocycles. The lowest BCUT2D eigenvalue weighted by Gasteiger charge is -2.14. The molecule has 3 nitrogen and oxygen atoms in total. The molecule has 0 saturated heterocycles. The summed E-state index contributed by atoms with van der Waals surface area (Å²) in [6, 6.07) is 4.83. The smallest absolute Gasteiger partial charge is 0.138 e. The summed E-state index contributed by atoms with van der Waals surface area (Å²) in [4.78, 5) is 8.20. The molecule has 5 heteroatoms. The van der Waals surface area contributed by atoms with E-state index in [0.717, 1.165) is 11.3 Å². The van der Waals surface area contributed by atoms with Crippen LogP contribution < -0.4 is 5.32 Å². The molecular weight excluding hydrogens is 265 g/mol. The molecule has 0 radical (unpaired) electrons. The maximum atomic E-state index is 13.2. The first kappa shape index (κ1) is 13.7. The van der Waals surface area contributed by atoms with Gasteiger partial charge in [0.15, 0.2) is 0 Å². The fourth-order valence-corrected chi connectivity index (χ4v) is 2.20. The SMILES string of the molecule is Cc1cc(Nc2ncnc(Cl)c2C(C)C)ccc1F. The van der Waals surface area contributed by atoms with E-state index in [1.165, 1.54) is 12.4 Å². The van der Waals surface area contributed by atoms with Gasteiger partial charge in [-0.15, -0.1) is 0 Å². The van der Waals surface area contributed by atoms with E-state index in [2.05, 4.69) is 15.3 Å². The van der Waals surface area contributed by atoms with Crippen LogP contribution in [-0.2, 0) is 0 Å². The van der Waals surface area contributed by atoms with Gasteiger partial charge in [0.1, 0.15) is 23.1 Å². The van der Waals surface area contributed by atoms with Crippen LogP contribution >= 0.6 is 11.6 Å². The highest BCUT2D eigenvalue weighted by Gasteiger charge is 2.13. The van der Waals surface area contributed by atoms with Crippen LogP contribution in [0.2, 0.25) is 5.15 Å². The van der Waals surface area contributed by atoms with Gasteiger partial charge in [0.2, 0.25) is 0 Å². The van der Waals surface area contributed by atoms with E-state index in [1.54, 1.807) is 19.1 Å². The molecule has 0 amide bonds. The molecule has 1 aromatic carbocycles. The molecule has 2 rings (SSSR count). The highest BCUT2D eigenvalue weighted by molar-refractivity contribution is 6.30. The van der Waals surface area contributed by atoms with Gasteiger partial charge in [-0.2, -0.15) is 0 Å². The fourth-order valence-electron chi connectivity index (χ4n) is 1.84. The molecule has 1 heterocycles. The average molecular weight is 280 g/mol. The van der Waals surface area contributed by atoms with E-state index in [4.69, 9.17) is 11.6 Å². The zero-order valence-electron chi connectivity index (χ0n) is 11.0. The first-order valence-electron chi connectivity index (χ1n) is 6.02. The van der Waals surface area contributed by atoms with Crippen molar-refractivity contribution >= 4 is 23.1 Å². The molecule has 0 aliphatic rings. The van der Waals surface area contributed by atoms with Crippen molar-refractivity contribution in [1.82, 2.24) is 9.97 Å². The Balaban J connectivity index is 2.38. The number of rotatable bonds is 3. The zero-order valence-corrected chi connectivity index (χ0v) is 11.8. The van der Waals surface area contributed by atoms with Gasteiger partial charge in [0.25, 0.3) is 0 Å². The number of nitrogens with zero attached hydrogens (tertiary/aromatic N) is 2. The zero-order chi connectivity index (χ0) is 14.0. The van der Waals surface area contributed by atoms with Crippen molar-refractivity contribution in [1.29, 1.82) is 0 Å². The van der Waals surface area contributed by atoms with Crippen LogP contribution in [0.3, 0.4) is 0 Å². The van der Waals surface area contributed by atoms with E-state index < -0.39 is 0 Å². The van der Waals surface area contributed by atoms with Gasteiger partial charge < -0.3 is 5.32 Å². The van der Waals surface area contributed by atoms with Crippen molar-refractivity contribution in [2.75, 3.05) is 5.32 Å². The fraction of sp³-hybridized carbons (Fsp3) is 0.286. The number of hydrogen-bond acceptors (Lipinski definition) is 3. The molecule has 0 spiro atoms. The molecule has 0 unspecified atom stereocenters. The lowest BCUT2D eigenvalue weighted by atomic mass is 10.1. The molecular formula is C14H15ClFN3. The van der Waals surface area contributed by atoms with Gasteiger partial charge in [-0.1, -0.05) is 25.4 Å². The topological polar surface area (TPSA) is 37.8 Å². The lowest BCUT2D eigenvalue weighted by molar-refractivity contribution is 0.619. The summed E-state index contributed by atoms with van der Waals surface area (Å²) in [5.41, 5.74) is 2.21. The molecule has 1 N–H and O–H groups in total. The maximum Gasteiger partial charge on any atom is 0.138 e. The van der Waals surface area contributed by atoms with Gasteiger partial charge in [-0.05, 0) is 36.6 Å².